The molecular formula is C16H15BrN2O2S. The molecule has 2 amide bonds. The predicted molar refractivity (Wildman–Crippen MR) is 91.6 cm³/mol. The van der Waals surface area contributed by atoms with E-state index in [9.17, 15) is 9.59 Å². The molecule has 1 heterocycles. The van der Waals surface area contributed by atoms with Crippen LogP contribution in [0.4, 0.5) is 5.69 Å². The molecule has 1 aromatic heterocycles. The fourth-order valence-corrected chi connectivity index (χ4v) is 3.30. The van der Waals surface area contributed by atoms with Crippen molar-refractivity contribution < 1.29 is 9.59 Å². The molecule has 0 unspecified atom stereocenters. The van der Waals surface area contributed by atoms with E-state index in [-0.39, 0.29) is 11.8 Å². The SMILES string of the molecule is Cc1ccc(C(=O)NC2CC2)cc1NC(=O)c1ccc(Br)s1. The average molecular weight is 379 g/mol. The topological polar surface area (TPSA) is 58.2 Å². The van der Waals surface area contributed by atoms with Crippen molar-refractivity contribution in [2.24, 2.45) is 0 Å². The fourth-order valence-electron chi connectivity index (χ4n) is 2.01. The highest BCUT2D eigenvalue weighted by Gasteiger charge is 2.24. The third kappa shape index (κ3) is 3.56. The van der Waals surface area contributed by atoms with Gasteiger partial charge in [-0.05, 0) is 65.5 Å². The highest BCUT2D eigenvalue weighted by Crippen LogP contribution is 2.25. The van der Waals surface area contributed by atoms with Crippen LogP contribution in [0.3, 0.4) is 0 Å². The van der Waals surface area contributed by atoms with Crippen LogP contribution in [0.25, 0.3) is 0 Å². The second-order valence-electron chi connectivity index (χ2n) is 5.34. The molecule has 4 nitrogen and oxygen atoms in total. The molecule has 2 N–H and O–H groups in total. The van der Waals surface area contributed by atoms with E-state index in [0.717, 1.165) is 22.2 Å². The molecule has 114 valence electrons. The maximum Gasteiger partial charge on any atom is 0.265 e. The number of nitrogens with one attached hydrogen (secondary N) is 2. The number of carbonyl (C=O) groups is 2. The van der Waals surface area contributed by atoms with Gasteiger partial charge in [-0.1, -0.05) is 6.07 Å². The second kappa shape index (κ2) is 6.22. The van der Waals surface area contributed by atoms with E-state index >= 15 is 0 Å². The zero-order valence-electron chi connectivity index (χ0n) is 12.0. The van der Waals surface area contributed by atoms with E-state index in [1.165, 1.54) is 11.3 Å². The van der Waals surface area contributed by atoms with Gasteiger partial charge in [-0.25, -0.2) is 0 Å². The Bertz CT molecular complexity index is 737. The molecule has 1 aliphatic carbocycles. The number of carbonyl (C=O) groups excluding carboxylic acids is 2. The quantitative estimate of drug-likeness (QED) is 0.845. The van der Waals surface area contributed by atoms with Gasteiger partial charge in [0, 0.05) is 17.3 Å². The minimum atomic E-state index is -0.168. The van der Waals surface area contributed by atoms with Crippen LogP contribution in [-0.4, -0.2) is 17.9 Å². The summed E-state index contributed by atoms with van der Waals surface area (Å²) in [4.78, 5) is 24.9. The number of thiophene rings is 1. The smallest absolute Gasteiger partial charge is 0.265 e. The van der Waals surface area contributed by atoms with Crippen LogP contribution in [0.5, 0.6) is 0 Å². The molecule has 0 saturated heterocycles. The highest BCUT2D eigenvalue weighted by molar-refractivity contribution is 9.11. The Kier molecular flexibility index (Phi) is 4.31. The van der Waals surface area contributed by atoms with Crippen LogP contribution in [0.1, 0.15) is 38.4 Å². The van der Waals surface area contributed by atoms with Crippen molar-refractivity contribution in [2.45, 2.75) is 25.8 Å². The summed E-state index contributed by atoms with van der Waals surface area (Å²) in [6, 6.07) is 9.28. The largest absolute Gasteiger partial charge is 0.349 e. The highest BCUT2D eigenvalue weighted by atomic mass is 79.9. The first-order valence-corrected chi connectivity index (χ1v) is 8.62. The monoisotopic (exact) mass is 378 g/mol. The minimum Gasteiger partial charge on any atom is -0.349 e. The first-order chi connectivity index (χ1) is 10.5. The number of amides is 2. The maximum atomic E-state index is 12.2. The average Bonchev–Trinajstić information content (AvgIpc) is 3.19. The molecule has 22 heavy (non-hydrogen) atoms. The van der Waals surface area contributed by atoms with E-state index in [4.69, 9.17) is 0 Å². The lowest BCUT2D eigenvalue weighted by Gasteiger charge is -2.10. The van der Waals surface area contributed by atoms with E-state index < -0.39 is 0 Å². The molecule has 6 heteroatoms. The molecule has 1 saturated carbocycles. The Labute approximate surface area is 141 Å². The molecular weight excluding hydrogens is 364 g/mol. The summed E-state index contributed by atoms with van der Waals surface area (Å²) in [6.07, 6.45) is 2.10. The van der Waals surface area contributed by atoms with E-state index in [1.54, 1.807) is 18.2 Å². The van der Waals surface area contributed by atoms with Crippen LogP contribution in [-0.2, 0) is 0 Å². The van der Waals surface area contributed by atoms with Gasteiger partial charge in [0.1, 0.15) is 0 Å². The molecule has 3 rings (SSSR count). The van der Waals surface area contributed by atoms with Crippen molar-refractivity contribution in [1.82, 2.24) is 5.32 Å². The molecule has 1 fully saturated rings. The molecule has 1 aromatic carbocycles. The van der Waals surface area contributed by atoms with Gasteiger partial charge in [0.25, 0.3) is 11.8 Å². The normalized spacial score (nSPS) is 13.7. The van der Waals surface area contributed by atoms with Crippen molar-refractivity contribution >= 4 is 44.8 Å². The van der Waals surface area contributed by atoms with Gasteiger partial charge >= 0.3 is 0 Å². The van der Waals surface area contributed by atoms with Gasteiger partial charge in [0.05, 0.1) is 8.66 Å². The van der Waals surface area contributed by atoms with Crippen molar-refractivity contribution in [1.29, 1.82) is 0 Å². The predicted octanol–water partition coefficient (Wildman–Crippen LogP) is 3.96. The molecule has 2 aromatic rings. The van der Waals surface area contributed by atoms with Gasteiger partial charge in [0.2, 0.25) is 0 Å². The van der Waals surface area contributed by atoms with E-state index in [1.807, 2.05) is 19.1 Å². The summed E-state index contributed by atoms with van der Waals surface area (Å²) in [6.45, 7) is 1.91. The lowest BCUT2D eigenvalue weighted by Crippen LogP contribution is -2.25. The molecule has 0 bridgehead atoms. The second-order valence-corrected chi connectivity index (χ2v) is 7.80. The van der Waals surface area contributed by atoms with Gasteiger partial charge in [0.15, 0.2) is 0 Å². The summed E-state index contributed by atoms with van der Waals surface area (Å²) in [5.74, 6) is -0.254. The maximum absolute atomic E-state index is 12.2. The number of aryl methyl sites for hydroxylation is 1. The van der Waals surface area contributed by atoms with Gasteiger partial charge in [-0.3, -0.25) is 9.59 Å². The minimum absolute atomic E-state index is 0.0862. The van der Waals surface area contributed by atoms with Gasteiger partial charge < -0.3 is 10.6 Å². The lowest BCUT2D eigenvalue weighted by atomic mass is 10.1. The van der Waals surface area contributed by atoms with Crippen LogP contribution in [0, 0.1) is 6.92 Å². The number of hydrogen-bond donors (Lipinski definition) is 2. The Balaban J connectivity index is 1.77. The molecule has 1 aliphatic rings. The number of anilines is 1. The third-order valence-corrected chi connectivity index (χ3v) is 5.08. The van der Waals surface area contributed by atoms with Crippen LogP contribution < -0.4 is 10.6 Å². The van der Waals surface area contributed by atoms with Gasteiger partial charge in [-0.15, -0.1) is 11.3 Å². The molecule has 0 atom stereocenters. The summed E-state index contributed by atoms with van der Waals surface area (Å²) in [5.41, 5.74) is 2.16. The first kappa shape index (κ1) is 15.2. The third-order valence-electron chi connectivity index (χ3n) is 3.46. The Morgan fingerprint density at radius 1 is 1.18 bits per heavy atom. The standard InChI is InChI=1S/C16H15BrN2O2S/c1-9-2-3-10(15(20)18-11-4-5-11)8-12(9)19-16(21)13-6-7-14(17)22-13/h2-3,6-8,11H,4-5H2,1H3,(H,18,20)(H,19,21). The Hall–Kier alpha value is -1.66. The van der Waals surface area contributed by atoms with Gasteiger partial charge in [-0.2, -0.15) is 0 Å². The summed E-state index contributed by atoms with van der Waals surface area (Å²) in [5, 5.41) is 5.82. The lowest BCUT2D eigenvalue weighted by molar-refractivity contribution is 0.0949. The fraction of sp³-hybridized carbons (Fsp3) is 0.250. The number of halogens is 1. The summed E-state index contributed by atoms with van der Waals surface area (Å²) < 4.78 is 0.909. The van der Waals surface area contributed by atoms with Crippen molar-refractivity contribution in [3.63, 3.8) is 0 Å². The summed E-state index contributed by atoms with van der Waals surface area (Å²) in [7, 11) is 0. The number of benzene rings is 1. The Morgan fingerprint density at radius 3 is 2.59 bits per heavy atom. The Morgan fingerprint density at radius 2 is 1.95 bits per heavy atom. The van der Waals surface area contributed by atoms with Crippen molar-refractivity contribution in [2.75, 3.05) is 5.32 Å². The zero-order chi connectivity index (χ0) is 15.7. The molecule has 0 aliphatic heterocycles. The number of hydrogen-bond acceptors (Lipinski definition) is 3. The summed E-state index contributed by atoms with van der Waals surface area (Å²) >= 11 is 4.72. The van der Waals surface area contributed by atoms with Crippen LogP contribution >= 0.6 is 27.3 Å². The number of rotatable bonds is 4. The van der Waals surface area contributed by atoms with Crippen molar-refractivity contribution in [3.05, 3.63) is 50.1 Å². The first-order valence-electron chi connectivity index (χ1n) is 7.01. The molecule has 0 spiro atoms. The molecule has 0 radical (unpaired) electrons. The van der Waals surface area contributed by atoms with Crippen LogP contribution in [0.15, 0.2) is 34.1 Å². The van der Waals surface area contributed by atoms with Crippen molar-refractivity contribution in [3.8, 4) is 0 Å². The van der Waals surface area contributed by atoms with Crippen LogP contribution in [0.2, 0.25) is 0 Å². The van der Waals surface area contributed by atoms with E-state index in [2.05, 4.69) is 26.6 Å². The zero-order valence-corrected chi connectivity index (χ0v) is 14.4. The van der Waals surface area contributed by atoms with E-state index in [0.29, 0.717) is 22.2 Å².